The lowest BCUT2D eigenvalue weighted by Crippen LogP contribution is -2.01. The van der Waals surface area contributed by atoms with Crippen molar-refractivity contribution < 1.29 is 9.53 Å². The number of thiophene rings is 1. The number of esters is 1. The Morgan fingerprint density at radius 1 is 1.38 bits per heavy atom. The predicted octanol–water partition coefficient (Wildman–Crippen LogP) is 3.46. The van der Waals surface area contributed by atoms with Gasteiger partial charge in [-0.2, -0.15) is 5.10 Å². The van der Waals surface area contributed by atoms with Crippen LogP contribution in [0.15, 0.2) is 47.0 Å². The van der Waals surface area contributed by atoms with E-state index >= 15 is 0 Å². The number of nitrogens with one attached hydrogen (secondary N) is 2. The molecule has 3 aromatic rings. The zero-order chi connectivity index (χ0) is 14.7. The second kappa shape index (κ2) is 5.80. The van der Waals surface area contributed by atoms with E-state index in [9.17, 15) is 4.79 Å². The van der Waals surface area contributed by atoms with Crippen molar-refractivity contribution in [1.82, 2.24) is 4.98 Å². The molecule has 106 valence electrons. The number of hydrogen-bond donors (Lipinski definition) is 2. The Balaban J connectivity index is 1.79. The van der Waals surface area contributed by atoms with Crippen LogP contribution in [-0.4, -0.2) is 24.3 Å². The third-order valence-electron chi connectivity index (χ3n) is 3.05. The van der Waals surface area contributed by atoms with Crippen LogP contribution in [0.25, 0.3) is 10.9 Å². The first-order chi connectivity index (χ1) is 10.3. The number of hydrazone groups is 1. The summed E-state index contributed by atoms with van der Waals surface area (Å²) in [6.07, 6.45) is 3.61. The van der Waals surface area contributed by atoms with Crippen molar-refractivity contribution in [3.8, 4) is 0 Å². The molecule has 0 amide bonds. The molecule has 0 radical (unpaired) electrons. The first-order valence-electron chi connectivity index (χ1n) is 6.30. The highest BCUT2D eigenvalue weighted by Gasteiger charge is 2.12. The van der Waals surface area contributed by atoms with Gasteiger partial charge in [-0.25, -0.2) is 4.79 Å². The summed E-state index contributed by atoms with van der Waals surface area (Å²) in [5.41, 5.74) is 5.56. The van der Waals surface area contributed by atoms with Crippen LogP contribution in [0.1, 0.15) is 15.2 Å². The molecule has 0 aliphatic heterocycles. The Hall–Kier alpha value is -2.60. The summed E-state index contributed by atoms with van der Waals surface area (Å²) in [5, 5.41) is 7.10. The lowest BCUT2D eigenvalue weighted by atomic mass is 10.2. The van der Waals surface area contributed by atoms with Crippen molar-refractivity contribution in [2.45, 2.75) is 0 Å². The summed E-state index contributed by atoms with van der Waals surface area (Å²) in [5.74, 6) is -0.366. The molecule has 2 N–H and O–H groups in total. The minimum Gasteiger partial charge on any atom is -0.465 e. The lowest BCUT2D eigenvalue weighted by Gasteiger charge is -2.00. The van der Waals surface area contributed by atoms with Gasteiger partial charge in [0.1, 0.15) is 4.88 Å². The number of hydrogen-bond acceptors (Lipinski definition) is 5. The molecule has 0 saturated heterocycles. The highest BCUT2D eigenvalue weighted by atomic mass is 32.1. The molecule has 3 rings (SSSR count). The number of aromatic amines is 1. The topological polar surface area (TPSA) is 66.5 Å². The smallest absolute Gasteiger partial charge is 0.350 e. The number of fused-ring (bicyclic) bond motifs is 1. The van der Waals surface area contributed by atoms with Gasteiger partial charge in [-0.1, -0.05) is 18.2 Å². The summed E-state index contributed by atoms with van der Waals surface area (Å²) in [6.45, 7) is 0. The number of anilines is 1. The molecule has 5 nitrogen and oxygen atoms in total. The number of nitrogens with zero attached hydrogens (tertiary/aromatic N) is 1. The first kappa shape index (κ1) is 13.4. The number of methoxy groups -OCH3 is 1. The van der Waals surface area contributed by atoms with E-state index in [0.717, 1.165) is 16.5 Å². The monoisotopic (exact) mass is 299 g/mol. The fourth-order valence-electron chi connectivity index (χ4n) is 2.02. The SMILES string of the molecule is COC(=O)c1sccc1NN=Cc1c[nH]c2ccccc12. The maximum Gasteiger partial charge on any atom is 0.350 e. The van der Waals surface area contributed by atoms with Crippen molar-refractivity contribution >= 4 is 40.1 Å². The molecule has 6 heteroatoms. The Kier molecular flexibility index (Phi) is 3.70. The van der Waals surface area contributed by atoms with E-state index in [1.54, 1.807) is 12.3 Å². The van der Waals surface area contributed by atoms with Crippen molar-refractivity contribution in [3.05, 3.63) is 52.3 Å². The van der Waals surface area contributed by atoms with Gasteiger partial charge >= 0.3 is 5.97 Å². The van der Waals surface area contributed by atoms with Crippen molar-refractivity contribution in [2.24, 2.45) is 5.10 Å². The molecule has 0 unspecified atom stereocenters. The van der Waals surface area contributed by atoms with Gasteiger partial charge in [0.15, 0.2) is 0 Å². The number of ether oxygens (including phenoxy) is 1. The van der Waals surface area contributed by atoms with Gasteiger partial charge in [-0.3, -0.25) is 5.43 Å². The van der Waals surface area contributed by atoms with E-state index in [4.69, 9.17) is 4.74 Å². The zero-order valence-corrected chi connectivity index (χ0v) is 12.1. The summed E-state index contributed by atoms with van der Waals surface area (Å²) in [4.78, 5) is 15.2. The standard InChI is InChI=1S/C15H13N3O2S/c1-20-15(19)14-13(6-7-21-14)18-17-9-10-8-16-12-5-3-2-4-11(10)12/h2-9,16,18H,1H3. The van der Waals surface area contributed by atoms with Crippen molar-refractivity contribution in [3.63, 3.8) is 0 Å². The van der Waals surface area contributed by atoms with Crippen LogP contribution in [0.4, 0.5) is 5.69 Å². The summed E-state index contributed by atoms with van der Waals surface area (Å²) < 4.78 is 4.72. The van der Waals surface area contributed by atoms with Gasteiger partial charge < -0.3 is 9.72 Å². The Bertz CT molecular complexity index is 804. The van der Waals surface area contributed by atoms with E-state index < -0.39 is 0 Å². The number of rotatable bonds is 4. The summed E-state index contributed by atoms with van der Waals surface area (Å²) >= 11 is 1.32. The number of H-pyrrole nitrogens is 1. The Morgan fingerprint density at radius 2 is 2.24 bits per heavy atom. The second-order valence-corrected chi connectivity index (χ2v) is 5.23. The molecule has 21 heavy (non-hydrogen) atoms. The molecule has 2 heterocycles. The fraction of sp³-hybridized carbons (Fsp3) is 0.0667. The van der Waals surface area contributed by atoms with Gasteiger partial charge in [-0.05, 0) is 17.5 Å². The number of aromatic nitrogens is 1. The van der Waals surface area contributed by atoms with Crippen LogP contribution in [0.3, 0.4) is 0 Å². The van der Waals surface area contributed by atoms with Gasteiger partial charge in [0.2, 0.25) is 0 Å². The molecule has 0 aliphatic carbocycles. The van der Waals surface area contributed by atoms with Crippen LogP contribution in [-0.2, 0) is 4.74 Å². The van der Waals surface area contributed by atoms with E-state index in [2.05, 4.69) is 15.5 Å². The zero-order valence-electron chi connectivity index (χ0n) is 11.3. The van der Waals surface area contributed by atoms with Crippen LogP contribution < -0.4 is 5.43 Å². The largest absolute Gasteiger partial charge is 0.465 e. The molecule has 0 fully saturated rings. The second-order valence-electron chi connectivity index (χ2n) is 4.31. The molecule has 2 aromatic heterocycles. The van der Waals surface area contributed by atoms with Gasteiger partial charge in [0.25, 0.3) is 0 Å². The average Bonchev–Trinajstić information content (AvgIpc) is 3.14. The summed E-state index contributed by atoms with van der Waals surface area (Å²) in [6, 6.07) is 9.79. The summed E-state index contributed by atoms with van der Waals surface area (Å²) in [7, 11) is 1.36. The van der Waals surface area contributed by atoms with Crippen LogP contribution in [0.5, 0.6) is 0 Å². The maximum atomic E-state index is 11.6. The molecule has 0 saturated carbocycles. The number of para-hydroxylation sites is 1. The first-order valence-corrected chi connectivity index (χ1v) is 7.18. The van der Waals surface area contributed by atoms with Crippen LogP contribution in [0, 0.1) is 0 Å². The lowest BCUT2D eigenvalue weighted by molar-refractivity contribution is 0.0607. The number of benzene rings is 1. The minimum absolute atomic E-state index is 0.366. The van der Waals surface area contributed by atoms with Crippen molar-refractivity contribution in [2.75, 3.05) is 12.5 Å². The predicted molar refractivity (Wildman–Crippen MR) is 85.2 cm³/mol. The van der Waals surface area contributed by atoms with Crippen LogP contribution >= 0.6 is 11.3 Å². The highest BCUT2D eigenvalue weighted by Crippen LogP contribution is 2.23. The van der Waals surface area contributed by atoms with E-state index in [-0.39, 0.29) is 5.97 Å². The van der Waals surface area contributed by atoms with Crippen LogP contribution in [0.2, 0.25) is 0 Å². The molecular formula is C15H13N3O2S. The molecular weight excluding hydrogens is 286 g/mol. The van der Waals surface area contributed by atoms with E-state index in [0.29, 0.717) is 10.6 Å². The maximum absolute atomic E-state index is 11.6. The quantitative estimate of drug-likeness (QED) is 0.440. The third kappa shape index (κ3) is 2.66. The molecule has 0 bridgehead atoms. The van der Waals surface area contributed by atoms with Crippen molar-refractivity contribution in [1.29, 1.82) is 0 Å². The van der Waals surface area contributed by atoms with Gasteiger partial charge in [0, 0.05) is 22.7 Å². The van der Waals surface area contributed by atoms with E-state index in [1.807, 2.05) is 35.8 Å². The molecule has 0 spiro atoms. The molecule has 0 aliphatic rings. The highest BCUT2D eigenvalue weighted by molar-refractivity contribution is 7.12. The molecule has 1 aromatic carbocycles. The third-order valence-corrected chi connectivity index (χ3v) is 3.94. The van der Waals surface area contributed by atoms with E-state index in [1.165, 1.54) is 18.4 Å². The minimum atomic E-state index is -0.366. The fourth-order valence-corrected chi connectivity index (χ4v) is 2.78. The number of carbonyl (C=O) groups excluding carboxylic acids is 1. The van der Waals surface area contributed by atoms with Gasteiger partial charge in [-0.15, -0.1) is 11.3 Å². The normalized spacial score (nSPS) is 11.1. The number of carbonyl (C=O) groups is 1. The Labute approximate surface area is 125 Å². The average molecular weight is 299 g/mol. The molecule has 0 atom stereocenters. The Morgan fingerprint density at radius 3 is 3.10 bits per heavy atom. The van der Waals surface area contributed by atoms with Gasteiger partial charge in [0.05, 0.1) is 19.0 Å².